The molecule has 1 aliphatic rings. The number of para-hydroxylation sites is 1. The second kappa shape index (κ2) is 10.8. The molecule has 0 aliphatic carbocycles. The zero-order valence-corrected chi connectivity index (χ0v) is 20.5. The molecular formula is C24H29N9OS. The number of furan rings is 1. The van der Waals surface area contributed by atoms with Crippen LogP contribution in [0.1, 0.15) is 43.3 Å². The summed E-state index contributed by atoms with van der Waals surface area (Å²) in [6, 6.07) is 11.9. The van der Waals surface area contributed by atoms with Gasteiger partial charge in [0.2, 0.25) is 17.8 Å². The normalized spacial score (nSPS) is 13.8. The summed E-state index contributed by atoms with van der Waals surface area (Å²) in [5.74, 6) is 3.39. The van der Waals surface area contributed by atoms with Crippen molar-refractivity contribution in [3.63, 3.8) is 0 Å². The first-order chi connectivity index (χ1) is 17.2. The maximum atomic E-state index is 6.01. The maximum Gasteiger partial charge on any atom is 0.232 e. The van der Waals surface area contributed by atoms with Gasteiger partial charge in [0.05, 0.1) is 18.6 Å². The predicted molar refractivity (Wildman–Crippen MR) is 137 cm³/mol. The first kappa shape index (κ1) is 23.2. The lowest BCUT2D eigenvalue weighted by molar-refractivity contribution is 0.479. The monoisotopic (exact) mass is 491 g/mol. The van der Waals surface area contributed by atoms with Crippen molar-refractivity contribution in [3.8, 4) is 0 Å². The second-order valence-electron chi connectivity index (χ2n) is 8.35. The molecule has 4 aromatic rings. The van der Waals surface area contributed by atoms with Crippen molar-refractivity contribution in [1.82, 2.24) is 29.7 Å². The van der Waals surface area contributed by atoms with Crippen LogP contribution in [0.3, 0.4) is 0 Å². The minimum Gasteiger partial charge on any atom is -0.467 e. The summed E-state index contributed by atoms with van der Waals surface area (Å²) in [4.78, 5) is 15.5. The van der Waals surface area contributed by atoms with Crippen LogP contribution < -0.4 is 16.0 Å². The van der Waals surface area contributed by atoms with E-state index in [4.69, 9.17) is 10.2 Å². The van der Waals surface area contributed by atoms with Crippen LogP contribution in [-0.2, 0) is 18.7 Å². The number of aryl methyl sites for hydroxylation is 1. The van der Waals surface area contributed by atoms with E-state index in [1.54, 1.807) is 6.26 Å². The van der Waals surface area contributed by atoms with Gasteiger partial charge in [-0.1, -0.05) is 36.9 Å². The molecule has 0 saturated carbocycles. The Balaban J connectivity index is 1.35. The molecule has 4 heterocycles. The molecule has 11 heteroatoms. The Bertz CT molecular complexity index is 1250. The summed E-state index contributed by atoms with van der Waals surface area (Å²) in [5.41, 5.74) is 8.15. The van der Waals surface area contributed by atoms with Crippen LogP contribution in [0.15, 0.2) is 52.2 Å². The van der Waals surface area contributed by atoms with Gasteiger partial charge in [0, 0.05) is 18.8 Å². The fourth-order valence-electron chi connectivity index (χ4n) is 4.17. The van der Waals surface area contributed by atoms with Crippen molar-refractivity contribution in [2.75, 3.05) is 29.0 Å². The number of nitrogen functional groups attached to an aromatic ring is 1. The highest BCUT2D eigenvalue weighted by Gasteiger charge is 2.21. The minimum absolute atomic E-state index is 0.179. The molecule has 0 spiro atoms. The van der Waals surface area contributed by atoms with Gasteiger partial charge in [0.1, 0.15) is 11.6 Å². The SMILES string of the molecule is CCc1ccccc1Nc1nc(N)nc(CSc2nnc(N3CCCCC3)n2Cc2ccco2)n1. The zero-order valence-electron chi connectivity index (χ0n) is 19.7. The van der Waals surface area contributed by atoms with E-state index < -0.39 is 0 Å². The van der Waals surface area contributed by atoms with E-state index in [1.165, 1.54) is 23.7 Å². The lowest BCUT2D eigenvalue weighted by Crippen LogP contribution is -2.32. The number of nitrogens with one attached hydrogen (secondary N) is 1. The number of nitrogens with zero attached hydrogens (tertiary/aromatic N) is 7. The summed E-state index contributed by atoms with van der Waals surface area (Å²) in [7, 11) is 0. The highest BCUT2D eigenvalue weighted by atomic mass is 32.2. The number of hydrogen-bond acceptors (Lipinski definition) is 10. The van der Waals surface area contributed by atoms with Crippen molar-refractivity contribution in [3.05, 3.63) is 59.8 Å². The predicted octanol–water partition coefficient (Wildman–Crippen LogP) is 4.28. The van der Waals surface area contributed by atoms with Crippen LogP contribution in [0.5, 0.6) is 0 Å². The number of anilines is 4. The average molecular weight is 492 g/mol. The molecule has 1 fully saturated rings. The van der Waals surface area contributed by atoms with Crippen LogP contribution in [0.4, 0.5) is 23.5 Å². The molecule has 1 aromatic carbocycles. The lowest BCUT2D eigenvalue weighted by atomic mass is 10.1. The third-order valence-electron chi connectivity index (χ3n) is 5.90. The standard InChI is InChI=1S/C24H29N9OS/c1-2-17-9-4-5-11-19(17)26-22-28-20(27-21(25)29-22)16-35-24-31-30-23(32-12-6-3-7-13-32)33(24)15-18-10-8-14-34-18/h4-5,8-11,14H,2-3,6-7,12-13,15-16H2,1H3,(H3,25,26,27,28,29). The molecule has 0 atom stereocenters. The molecule has 5 rings (SSSR count). The summed E-state index contributed by atoms with van der Waals surface area (Å²) in [6.07, 6.45) is 6.17. The number of aromatic nitrogens is 6. The smallest absolute Gasteiger partial charge is 0.232 e. The van der Waals surface area contributed by atoms with E-state index >= 15 is 0 Å². The largest absolute Gasteiger partial charge is 0.467 e. The average Bonchev–Trinajstić information content (AvgIpc) is 3.54. The van der Waals surface area contributed by atoms with Crippen LogP contribution in [-0.4, -0.2) is 42.8 Å². The Morgan fingerprint density at radius 2 is 1.89 bits per heavy atom. The van der Waals surface area contributed by atoms with E-state index in [0.717, 1.165) is 54.9 Å². The van der Waals surface area contributed by atoms with Crippen LogP contribution in [0.2, 0.25) is 0 Å². The summed E-state index contributed by atoms with van der Waals surface area (Å²) < 4.78 is 7.72. The number of benzene rings is 1. The quantitative estimate of drug-likeness (QED) is 0.328. The summed E-state index contributed by atoms with van der Waals surface area (Å²) in [6.45, 7) is 4.65. The van der Waals surface area contributed by atoms with Gasteiger partial charge in [-0.2, -0.15) is 15.0 Å². The molecule has 3 aromatic heterocycles. The van der Waals surface area contributed by atoms with Crippen LogP contribution in [0, 0.1) is 0 Å². The molecule has 35 heavy (non-hydrogen) atoms. The summed E-state index contributed by atoms with van der Waals surface area (Å²) in [5, 5.41) is 13.1. The maximum absolute atomic E-state index is 6.01. The molecule has 1 saturated heterocycles. The number of rotatable bonds is 9. The number of hydrogen-bond donors (Lipinski definition) is 2. The van der Waals surface area contributed by atoms with Crippen molar-refractivity contribution < 1.29 is 4.42 Å². The van der Waals surface area contributed by atoms with Gasteiger partial charge in [-0.15, -0.1) is 10.2 Å². The molecule has 0 unspecified atom stereocenters. The van der Waals surface area contributed by atoms with E-state index in [2.05, 4.69) is 52.9 Å². The van der Waals surface area contributed by atoms with Gasteiger partial charge in [-0.05, 0) is 49.4 Å². The Labute approximate surface area is 208 Å². The molecule has 0 radical (unpaired) electrons. The highest BCUT2D eigenvalue weighted by Crippen LogP contribution is 2.28. The van der Waals surface area contributed by atoms with Crippen molar-refractivity contribution in [1.29, 1.82) is 0 Å². The molecule has 182 valence electrons. The third-order valence-corrected chi connectivity index (χ3v) is 6.87. The molecule has 1 aliphatic heterocycles. The van der Waals surface area contributed by atoms with Gasteiger partial charge in [-0.25, -0.2) is 0 Å². The zero-order chi connectivity index (χ0) is 24.0. The van der Waals surface area contributed by atoms with E-state index in [1.807, 2.05) is 30.3 Å². The van der Waals surface area contributed by atoms with Gasteiger partial charge in [0.15, 0.2) is 5.16 Å². The van der Waals surface area contributed by atoms with Crippen molar-refractivity contribution in [2.45, 2.75) is 50.1 Å². The lowest BCUT2D eigenvalue weighted by Gasteiger charge is -2.27. The van der Waals surface area contributed by atoms with Gasteiger partial charge >= 0.3 is 0 Å². The van der Waals surface area contributed by atoms with Gasteiger partial charge in [-0.3, -0.25) is 4.57 Å². The molecular weight excluding hydrogens is 462 g/mol. The molecule has 3 N–H and O–H groups in total. The van der Waals surface area contributed by atoms with E-state index in [-0.39, 0.29) is 5.95 Å². The second-order valence-corrected chi connectivity index (χ2v) is 9.30. The van der Waals surface area contributed by atoms with Gasteiger partial charge < -0.3 is 20.4 Å². The van der Waals surface area contributed by atoms with Crippen molar-refractivity contribution in [2.24, 2.45) is 0 Å². The van der Waals surface area contributed by atoms with Crippen molar-refractivity contribution >= 4 is 35.3 Å². The fraction of sp³-hybridized carbons (Fsp3) is 0.375. The first-order valence-corrected chi connectivity index (χ1v) is 12.9. The van der Waals surface area contributed by atoms with Crippen LogP contribution >= 0.6 is 11.8 Å². The number of thioether (sulfide) groups is 1. The Morgan fingerprint density at radius 3 is 2.69 bits per heavy atom. The Morgan fingerprint density at radius 1 is 1.03 bits per heavy atom. The summed E-state index contributed by atoms with van der Waals surface area (Å²) >= 11 is 1.52. The number of nitrogens with two attached hydrogens (primary N) is 1. The number of piperidine rings is 1. The molecule has 0 bridgehead atoms. The first-order valence-electron chi connectivity index (χ1n) is 11.9. The fourth-order valence-corrected chi connectivity index (χ4v) is 4.96. The Hall–Kier alpha value is -3.60. The van der Waals surface area contributed by atoms with E-state index in [0.29, 0.717) is 24.1 Å². The Kier molecular flexibility index (Phi) is 7.12. The van der Waals surface area contributed by atoms with E-state index in [9.17, 15) is 0 Å². The minimum atomic E-state index is 0.179. The topological polar surface area (TPSA) is 124 Å². The van der Waals surface area contributed by atoms with Gasteiger partial charge in [0.25, 0.3) is 0 Å². The highest BCUT2D eigenvalue weighted by molar-refractivity contribution is 7.98. The van der Waals surface area contributed by atoms with Crippen LogP contribution in [0.25, 0.3) is 0 Å². The molecule has 0 amide bonds. The third kappa shape index (κ3) is 5.56. The molecule has 10 nitrogen and oxygen atoms in total.